The number of likely N-dealkylation sites (N-methyl/N-ethyl adjacent to an activating group) is 1. The first-order valence-electron chi connectivity index (χ1n) is 7.88. The van der Waals surface area contributed by atoms with E-state index < -0.39 is 0 Å². The first-order valence-corrected chi connectivity index (χ1v) is 7.88. The minimum absolute atomic E-state index is 0.0605. The summed E-state index contributed by atoms with van der Waals surface area (Å²) in [4.78, 5) is 25.2. The van der Waals surface area contributed by atoms with Crippen LogP contribution >= 0.6 is 0 Å². The van der Waals surface area contributed by atoms with E-state index in [4.69, 9.17) is 5.73 Å². The normalized spacial score (nSPS) is 10.3. The fourth-order valence-corrected chi connectivity index (χ4v) is 2.13. The molecule has 1 aromatic rings. The van der Waals surface area contributed by atoms with E-state index >= 15 is 0 Å². The van der Waals surface area contributed by atoms with Gasteiger partial charge < -0.3 is 16.0 Å². The van der Waals surface area contributed by atoms with Crippen LogP contribution in [0.4, 0.5) is 0 Å². The van der Waals surface area contributed by atoms with Crippen LogP contribution in [0.3, 0.4) is 0 Å². The molecule has 1 rings (SSSR count). The van der Waals surface area contributed by atoms with Gasteiger partial charge in [0.05, 0.1) is 6.54 Å². The number of nitrogens with zero attached hydrogens (tertiary/aromatic N) is 1. The highest BCUT2D eigenvalue weighted by Gasteiger charge is 2.10. The first kappa shape index (κ1) is 18.2. The number of amides is 2. The van der Waals surface area contributed by atoms with Gasteiger partial charge in [0.2, 0.25) is 11.8 Å². The number of hydrogen-bond acceptors (Lipinski definition) is 3. The van der Waals surface area contributed by atoms with Crippen molar-refractivity contribution >= 4 is 11.8 Å². The summed E-state index contributed by atoms with van der Waals surface area (Å²) in [6, 6.07) is 9.78. The van der Waals surface area contributed by atoms with E-state index in [1.807, 2.05) is 30.3 Å². The monoisotopic (exact) mass is 305 g/mol. The van der Waals surface area contributed by atoms with Gasteiger partial charge in [-0.3, -0.25) is 9.59 Å². The fourth-order valence-electron chi connectivity index (χ4n) is 2.13. The average Bonchev–Trinajstić information content (AvgIpc) is 2.53. The maximum absolute atomic E-state index is 12.0. The van der Waals surface area contributed by atoms with Crippen LogP contribution in [-0.2, 0) is 16.1 Å². The van der Waals surface area contributed by atoms with Gasteiger partial charge in [-0.2, -0.15) is 0 Å². The molecule has 0 bridgehead atoms. The van der Waals surface area contributed by atoms with Crippen molar-refractivity contribution in [3.05, 3.63) is 35.9 Å². The van der Waals surface area contributed by atoms with Crippen LogP contribution in [-0.4, -0.2) is 36.9 Å². The zero-order valence-electron chi connectivity index (χ0n) is 13.4. The molecule has 0 aliphatic heterocycles. The predicted molar refractivity (Wildman–Crippen MR) is 88.1 cm³/mol. The zero-order chi connectivity index (χ0) is 16.2. The van der Waals surface area contributed by atoms with Crippen LogP contribution < -0.4 is 11.1 Å². The van der Waals surface area contributed by atoms with Crippen LogP contribution in [0.25, 0.3) is 0 Å². The highest BCUT2D eigenvalue weighted by molar-refractivity contribution is 5.84. The molecule has 0 aliphatic carbocycles. The number of benzene rings is 1. The lowest BCUT2D eigenvalue weighted by Crippen LogP contribution is -2.37. The maximum Gasteiger partial charge on any atom is 0.242 e. The summed E-state index contributed by atoms with van der Waals surface area (Å²) in [5, 5.41) is 2.69. The van der Waals surface area contributed by atoms with Crippen molar-refractivity contribution in [2.45, 2.75) is 38.6 Å². The molecule has 122 valence electrons. The van der Waals surface area contributed by atoms with Crippen molar-refractivity contribution < 1.29 is 9.59 Å². The molecule has 0 fully saturated rings. The van der Waals surface area contributed by atoms with Crippen molar-refractivity contribution in [3.63, 3.8) is 0 Å². The Morgan fingerprint density at radius 3 is 2.45 bits per heavy atom. The summed E-state index contributed by atoms with van der Waals surface area (Å²) in [6.07, 6.45) is 4.39. The van der Waals surface area contributed by atoms with Crippen LogP contribution in [0, 0.1) is 0 Å². The van der Waals surface area contributed by atoms with Gasteiger partial charge in [-0.1, -0.05) is 43.2 Å². The van der Waals surface area contributed by atoms with Gasteiger partial charge in [-0.05, 0) is 24.9 Å². The number of carbonyl (C=O) groups excluding carboxylic acids is 2. The first-order chi connectivity index (χ1) is 10.6. The molecule has 0 aliphatic rings. The van der Waals surface area contributed by atoms with Gasteiger partial charge in [0.1, 0.15) is 0 Å². The molecule has 5 heteroatoms. The van der Waals surface area contributed by atoms with Crippen molar-refractivity contribution in [1.29, 1.82) is 0 Å². The van der Waals surface area contributed by atoms with Crippen LogP contribution in [0.2, 0.25) is 0 Å². The highest BCUT2D eigenvalue weighted by Crippen LogP contribution is 2.03. The molecule has 1 aromatic carbocycles. The van der Waals surface area contributed by atoms with Crippen LogP contribution in [0.5, 0.6) is 0 Å². The van der Waals surface area contributed by atoms with E-state index in [9.17, 15) is 9.59 Å². The standard InChI is InChI=1S/C17H27N3O2/c1-20(14-15-9-5-4-6-10-15)17(22)13-19-16(21)11-7-2-3-8-12-18/h4-6,9-10H,2-3,7-8,11-14,18H2,1H3,(H,19,21). The lowest BCUT2D eigenvalue weighted by molar-refractivity contribution is -0.132. The molecule has 0 radical (unpaired) electrons. The third-order valence-corrected chi connectivity index (χ3v) is 3.48. The second-order valence-electron chi connectivity index (χ2n) is 5.47. The van der Waals surface area contributed by atoms with Crippen molar-refractivity contribution in [2.75, 3.05) is 20.1 Å². The van der Waals surface area contributed by atoms with E-state index in [1.54, 1.807) is 11.9 Å². The van der Waals surface area contributed by atoms with E-state index in [-0.39, 0.29) is 18.4 Å². The van der Waals surface area contributed by atoms with E-state index in [0.717, 1.165) is 31.2 Å². The molecule has 2 amide bonds. The minimum atomic E-state index is -0.0830. The summed E-state index contributed by atoms with van der Waals surface area (Å²) >= 11 is 0. The lowest BCUT2D eigenvalue weighted by Gasteiger charge is -2.17. The number of unbranched alkanes of at least 4 members (excludes halogenated alkanes) is 3. The van der Waals surface area contributed by atoms with Crippen LogP contribution in [0.1, 0.15) is 37.7 Å². The number of nitrogens with two attached hydrogens (primary N) is 1. The molecule has 22 heavy (non-hydrogen) atoms. The van der Waals surface area contributed by atoms with Gasteiger partial charge in [0.25, 0.3) is 0 Å². The topological polar surface area (TPSA) is 75.4 Å². The predicted octanol–water partition coefficient (Wildman–Crippen LogP) is 1.67. The largest absolute Gasteiger partial charge is 0.347 e. The summed E-state index contributed by atoms with van der Waals surface area (Å²) in [7, 11) is 1.74. The average molecular weight is 305 g/mol. The Hall–Kier alpha value is -1.88. The molecule has 0 aromatic heterocycles. The molecule has 0 heterocycles. The molecule has 0 saturated heterocycles. The smallest absolute Gasteiger partial charge is 0.242 e. The zero-order valence-corrected chi connectivity index (χ0v) is 13.4. The summed E-state index contributed by atoms with van der Waals surface area (Å²) in [5.41, 5.74) is 6.49. The Morgan fingerprint density at radius 2 is 1.77 bits per heavy atom. The van der Waals surface area contributed by atoms with Gasteiger partial charge >= 0.3 is 0 Å². The van der Waals surface area contributed by atoms with Gasteiger partial charge in [-0.15, -0.1) is 0 Å². The second-order valence-corrected chi connectivity index (χ2v) is 5.47. The quantitative estimate of drug-likeness (QED) is 0.646. The second kappa shape index (κ2) is 10.8. The fraction of sp³-hybridized carbons (Fsp3) is 0.529. The number of rotatable bonds is 10. The summed E-state index contributed by atoms with van der Waals surface area (Å²) in [6.45, 7) is 1.31. The minimum Gasteiger partial charge on any atom is -0.347 e. The Morgan fingerprint density at radius 1 is 1.09 bits per heavy atom. The molecule has 3 N–H and O–H groups in total. The number of hydrogen-bond donors (Lipinski definition) is 2. The van der Waals surface area contributed by atoms with E-state index in [2.05, 4.69) is 5.32 Å². The molecule has 0 unspecified atom stereocenters. The summed E-state index contributed by atoms with van der Waals surface area (Å²) < 4.78 is 0. The van der Waals surface area contributed by atoms with Crippen molar-refractivity contribution in [1.82, 2.24) is 10.2 Å². The Bertz CT molecular complexity index is 448. The summed E-state index contributed by atoms with van der Waals surface area (Å²) in [5.74, 6) is -0.144. The Balaban J connectivity index is 2.17. The molecule has 0 saturated carbocycles. The molecule has 5 nitrogen and oxygen atoms in total. The van der Waals surface area contributed by atoms with Gasteiger partial charge in [0, 0.05) is 20.0 Å². The Labute approximate surface area is 132 Å². The molecule has 0 spiro atoms. The molecular weight excluding hydrogens is 278 g/mol. The highest BCUT2D eigenvalue weighted by atomic mass is 16.2. The van der Waals surface area contributed by atoms with Gasteiger partial charge in [0.15, 0.2) is 0 Å². The Kier molecular flexibility index (Phi) is 8.91. The van der Waals surface area contributed by atoms with Crippen LogP contribution in [0.15, 0.2) is 30.3 Å². The SMILES string of the molecule is CN(Cc1ccccc1)C(=O)CNC(=O)CCCCCCN. The van der Waals surface area contributed by atoms with Crippen molar-refractivity contribution in [3.8, 4) is 0 Å². The molecule has 0 atom stereocenters. The third kappa shape index (κ3) is 7.78. The molecular formula is C17H27N3O2. The lowest BCUT2D eigenvalue weighted by atomic mass is 10.1. The van der Waals surface area contributed by atoms with Crippen molar-refractivity contribution in [2.24, 2.45) is 5.73 Å². The third-order valence-electron chi connectivity index (χ3n) is 3.48. The number of carbonyl (C=O) groups is 2. The maximum atomic E-state index is 12.0. The van der Waals surface area contributed by atoms with Gasteiger partial charge in [-0.25, -0.2) is 0 Å². The van der Waals surface area contributed by atoms with E-state index in [1.165, 1.54) is 0 Å². The number of nitrogens with one attached hydrogen (secondary N) is 1. The van der Waals surface area contributed by atoms with E-state index in [0.29, 0.717) is 19.5 Å².